The summed E-state index contributed by atoms with van der Waals surface area (Å²) in [4.78, 5) is 0. The molecule has 2 atom stereocenters. The lowest BCUT2D eigenvalue weighted by molar-refractivity contribution is -0.405. The number of benzene rings is 2. The molecule has 0 radical (unpaired) electrons. The van der Waals surface area contributed by atoms with E-state index in [1.54, 1.807) is 34.7 Å². The summed E-state index contributed by atoms with van der Waals surface area (Å²) in [6.07, 6.45) is -8.28. The maximum absolute atomic E-state index is 15.6. The van der Waals surface area contributed by atoms with Crippen LogP contribution in [0, 0.1) is 5.92 Å². The molecule has 0 heterocycles. The van der Waals surface area contributed by atoms with Crippen molar-refractivity contribution in [3.05, 3.63) is 60.7 Å². The predicted octanol–water partition coefficient (Wildman–Crippen LogP) is 8.22. The zero-order chi connectivity index (χ0) is 27.0. The molecule has 0 aromatic heterocycles. The van der Waals surface area contributed by atoms with Gasteiger partial charge in [0.2, 0.25) is 0 Å². The van der Waals surface area contributed by atoms with Gasteiger partial charge in [0.25, 0.3) is 0 Å². The third-order valence-electron chi connectivity index (χ3n) is 7.00. The average Bonchev–Trinajstić information content (AvgIpc) is 2.84. The van der Waals surface area contributed by atoms with E-state index >= 15 is 13.3 Å². The van der Waals surface area contributed by atoms with Gasteiger partial charge in [-0.15, -0.1) is 0 Å². The molecule has 200 valence electrons. The van der Waals surface area contributed by atoms with Crippen molar-refractivity contribution in [1.82, 2.24) is 0 Å². The minimum Gasteiger partial charge on any atom is -0.313 e. The molecule has 0 bridgehead atoms. The Kier molecular flexibility index (Phi) is 8.27. The van der Waals surface area contributed by atoms with E-state index in [2.05, 4.69) is 0 Å². The van der Waals surface area contributed by atoms with Crippen molar-refractivity contribution < 1.29 is 44.1 Å². The van der Waals surface area contributed by atoms with Crippen LogP contribution < -0.4 is 10.6 Å². The average molecular weight is 656 g/mol. The number of rotatable bonds is 8. The van der Waals surface area contributed by atoms with Crippen LogP contribution >= 0.6 is 29.7 Å². The predicted molar refractivity (Wildman–Crippen MR) is 129 cm³/mol. The molecule has 1 saturated carbocycles. The Morgan fingerprint density at radius 3 is 1.67 bits per heavy atom. The number of hydrogen-bond acceptors (Lipinski definition) is 1. The summed E-state index contributed by atoms with van der Waals surface area (Å²) in [5.74, 6) is -22.3. The summed E-state index contributed by atoms with van der Waals surface area (Å²) >= 11 is 1.79. The molecule has 2 aromatic rings. The highest BCUT2D eigenvalue weighted by atomic mass is 127. The van der Waals surface area contributed by atoms with Gasteiger partial charge in [-0.2, -0.15) is 39.5 Å². The minimum atomic E-state index is -7.00. The van der Waals surface area contributed by atoms with E-state index in [1.165, 1.54) is 48.5 Å². The van der Waals surface area contributed by atoms with Gasteiger partial charge in [-0.05, 0) is 19.3 Å². The second-order valence-electron chi connectivity index (χ2n) is 8.89. The molecular formula is C24H23F9IOP. The smallest absolute Gasteiger partial charge is 0.313 e. The standard InChI is InChI=1S/C24H23F9IOP/c25-21(26,22(27,28)23(29,30)24(31,32)33)19-13-7-8-14-20(19,15-16-34)36(35,17-9-3-1-4-10-17)18-11-5-2-6-12-18/h1-6,9-12,19H,7-8,13-16H2/t19-,20+/m1/s1. The molecule has 0 aliphatic heterocycles. The van der Waals surface area contributed by atoms with Crippen molar-refractivity contribution in [3.63, 3.8) is 0 Å². The third kappa shape index (κ3) is 4.39. The van der Waals surface area contributed by atoms with Crippen LogP contribution in [0.5, 0.6) is 0 Å². The van der Waals surface area contributed by atoms with E-state index in [1.807, 2.05) is 0 Å². The lowest BCUT2D eigenvalue weighted by Crippen LogP contribution is -2.67. The van der Waals surface area contributed by atoms with Crippen LogP contribution in [-0.4, -0.2) is 33.5 Å². The molecule has 0 N–H and O–H groups in total. The molecule has 1 nitrogen and oxygen atoms in total. The monoisotopic (exact) mass is 656 g/mol. The van der Waals surface area contributed by atoms with E-state index in [0.717, 1.165) is 0 Å². The Hall–Kier alpha value is -1.23. The highest BCUT2D eigenvalue weighted by molar-refractivity contribution is 14.1. The van der Waals surface area contributed by atoms with Crippen LogP contribution in [0.15, 0.2) is 60.7 Å². The van der Waals surface area contributed by atoms with E-state index in [9.17, 15) is 30.7 Å². The first kappa shape index (κ1) is 29.3. The second-order valence-corrected chi connectivity index (χ2v) is 13.1. The largest absolute Gasteiger partial charge is 0.460 e. The molecule has 1 aliphatic rings. The Bertz CT molecular complexity index is 1030. The summed E-state index contributed by atoms with van der Waals surface area (Å²) in [5, 5.41) is -2.09. The SMILES string of the molecule is O=P(c1ccccc1)(c1ccccc1)[C@]1(CCI)CCCC[C@H]1C(F)(F)C(F)(F)C(F)(F)C(F)(F)F. The fraction of sp³-hybridized carbons (Fsp3) is 0.500. The van der Waals surface area contributed by atoms with Crippen molar-refractivity contribution in [2.75, 3.05) is 4.43 Å². The molecule has 0 saturated heterocycles. The zero-order valence-corrected chi connectivity index (χ0v) is 21.8. The fourth-order valence-electron chi connectivity index (χ4n) is 5.28. The molecule has 12 heteroatoms. The van der Waals surface area contributed by atoms with Crippen molar-refractivity contribution in [1.29, 1.82) is 0 Å². The van der Waals surface area contributed by atoms with Crippen molar-refractivity contribution in [2.24, 2.45) is 5.92 Å². The van der Waals surface area contributed by atoms with Crippen molar-refractivity contribution >= 4 is 40.3 Å². The summed E-state index contributed by atoms with van der Waals surface area (Å²) in [7, 11) is -4.31. The van der Waals surface area contributed by atoms with Crippen LogP contribution in [-0.2, 0) is 4.57 Å². The van der Waals surface area contributed by atoms with Gasteiger partial charge in [-0.25, -0.2) is 0 Å². The third-order valence-corrected chi connectivity index (χ3v) is 11.6. The van der Waals surface area contributed by atoms with Crippen LogP contribution in [0.1, 0.15) is 32.1 Å². The molecule has 2 aromatic carbocycles. The molecule has 1 fully saturated rings. The first-order valence-electron chi connectivity index (χ1n) is 11.1. The molecule has 1 aliphatic carbocycles. The first-order valence-corrected chi connectivity index (χ1v) is 14.3. The molecule has 0 spiro atoms. The van der Waals surface area contributed by atoms with Gasteiger partial charge >= 0.3 is 23.9 Å². The molecule has 0 amide bonds. The lowest BCUT2D eigenvalue weighted by atomic mass is 9.71. The lowest BCUT2D eigenvalue weighted by Gasteiger charge is -2.53. The summed E-state index contributed by atoms with van der Waals surface area (Å²) < 4.78 is 142. The van der Waals surface area contributed by atoms with E-state index in [4.69, 9.17) is 0 Å². The maximum atomic E-state index is 15.6. The Morgan fingerprint density at radius 2 is 1.25 bits per heavy atom. The van der Waals surface area contributed by atoms with Crippen LogP contribution in [0.25, 0.3) is 0 Å². The van der Waals surface area contributed by atoms with Gasteiger partial charge in [-0.1, -0.05) is 96.1 Å². The van der Waals surface area contributed by atoms with E-state index in [0.29, 0.717) is 0 Å². The molecular weight excluding hydrogens is 633 g/mol. The summed E-state index contributed by atoms with van der Waals surface area (Å²) in [5.41, 5.74) is 0. The topological polar surface area (TPSA) is 17.1 Å². The van der Waals surface area contributed by atoms with Gasteiger partial charge in [0, 0.05) is 26.1 Å². The minimum absolute atomic E-state index is 0.0369. The second kappa shape index (κ2) is 10.2. The highest BCUT2D eigenvalue weighted by Gasteiger charge is 2.84. The fourth-order valence-corrected chi connectivity index (χ4v) is 10.8. The van der Waals surface area contributed by atoms with Crippen LogP contribution in [0.4, 0.5) is 39.5 Å². The Balaban J connectivity index is 2.36. The number of halogens is 10. The van der Waals surface area contributed by atoms with Gasteiger partial charge in [0.05, 0.1) is 0 Å². The molecule has 36 heavy (non-hydrogen) atoms. The molecule has 0 unspecified atom stereocenters. The highest BCUT2D eigenvalue weighted by Crippen LogP contribution is 2.70. The van der Waals surface area contributed by atoms with Crippen LogP contribution in [0.3, 0.4) is 0 Å². The number of alkyl halides is 10. The van der Waals surface area contributed by atoms with Gasteiger partial charge in [0.1, 0.15) is 7.14 Å². The maximum Gasteiger partial charge on any atom is 0.460 e. The van der Waals surface area contributed by atoms with Crippen molar-refractivity contribution in [3.8, 4) is 0 Å². The van der Waals surface area contributed by atoms with Gasteiger partial charge in [-0.3, -0.25) is 0 Å². The number of hydrogen-bond donors (Lipinski definition) is 0. The van der Waals surface area contributed by atoms with Crippen LogP contribution in [0.2, 0.25) is 0 Å². The Morgan fingerprint density at radius 1 is 0.778 bits per heavy atom. The molecule has 3 rings (SSSR count). The quantitative estimate of drug-likeness (QED) is 0.121. The van der Waals surface area contributed by atoms with E-state index in [-0.39, 0.29) is 40.7 Å². The van der Waals surface area contributed by atoms with Gasteiger partial charge < -0.3 is 4.57 Å². The first-order chi connectivity index (χ1) is 16.6. The van der Waals surface area contributed by atoms with Crippen molar-refractivity contribution in [2.45, 2.75) is 61.2 Å². The Labute approximate surface area is 216 Å². The van der Waals surface area contributed by atoms with E-state index < -0.39 is 48.6 Å². The summed E-state index contributed by atoms with van der Waals surface area (Å²) in [6, 6.07) is 14.6. The normalized spacial score (nSPS) is 22.4. The zero-order valence-electron chi connectivity index (χ0n) is 18.7. The van der Waals surface area contributed by atoms with Gasteiger partial charge in [0.15, 0.2) is 0 Å². The summed E-state index contributed by atoms with van der Waals surface area (Å²) in [6.45, 7) is 0.